The van der Waals surface area contributed by atoms with Crippen LogP contribution >= 0.6 is 0 Å². The molecule has 0 bridgehead atoms. The first kappa shape index (κ1) is 28.5. The molecule has 5 rings (SSSR count). The van der Waals surface area contributed by atoms with E-state index in [0.29, 0.717) is 18.1 Å². The number of anilines is 2. The first-order valence-corrected chi connectivity index (χ1v) is 13.9. The molecule has 0 spiro atoms. The molecule has 12 nitrogen and oxygen atoms in total. The average Bonchev–Trinajstić information content (AvgIpc) is 3.48. The van der Waals surface area contributed by atoms with Crippen molar-refractivity contribution in [3.05, 3.63) is 64.5 Å². The summed E-state index contributed by atoms with van der Waals surface area (Å²) in [4.78, 5) is 24.2. The number of morpholine rings is 1. The molecule has 218 valence electrons. The summed E-state index contributed by atoms with van der Waals surface area (Å²) in [5.41, 5.74) is 4.29. The number of rotatable bonds is 9. The lowest BCUT2D eigenvalue weighted by atomic mass is 9.93. The van der Waals surface area contributed by atoms with Crippen molar-refractivity contribution >= 4 is 29.8 Å². The maximum atomic E-state index is 12.9. The number of hydrogen-bond donors (Lipinski definition) is 5. The molecule has 1 unspecified atom stereocenters. The Morgan fingerprint density at radius 1 is 1.20 bits per heavy atom. The zero-order valence-electron chi connectivity index (χ0n) is 24.1. The van der Waals surface area contributed by atoms with Crippen LogP contribution in [0.2, 0.25) is 0 Å². The maximum Gasteiger partial charge on any atom is 0.277 e. The second kappa shape index (κ2) is 12.7. The quantitative estimate of drug-likeness (QED) is 0.312. The second-order valence-corrected chi connectivity index (χ2v) is 11.2. The Morgan fingerprint density at radius 2 is 2.02 bits per heavy atom. The highest BCUT2D eigenvalue weighted by atomic mass is 16.5. The van der Waals surface area contributed by atoms with Crippen LogP contribution in [0.5, 0.6) is 0 Å². The molecule has 4 heterocycles. The lowest BCUT2D eigenvalue weighted by Crippen LogP contribution is -2.42. The highest BCUT2D eigenvalue weighted by molar-refractivity contribution is 6.03. The summed E-state index contributed by atoms with van der Waals surface area (Å²) < 4.78 is 10.8. The van der Waals surface area contributed by atoms with Crippen molar-refractivity contribution in [1.29, 1.82) is 0 Å². The van der Waals surface area contributed by atoms with E-state index in [2.05, 4.69) is 52.7 Å². The number of benzene rings is 1. The Hall–Kier alpha value is -4.00. The number of amides is 1. The number of aliphatic imine (C=N–C) groups is 2. The Balaban J connectivity index is 1.27. The van der Waals surface area contributed by atoms with Crippen LogP contribution in [-0.2, 0) is 10.2 Å². The highest BCUT2D eigenvalue weighted by Crippen LogP contribution is 2.26. The van der Waals surface area contributed by atoms with Crippen molar-refractivity contribution in [3.63, 3.8) is 0 Å². The molecule has 12 heteroatoms. The van der Waals surface area contributed by atoms with E-state index in [1.165, 1.54) is 0 Å². The minimum absolute atomic E-state index is 0.146. The minimum Gasteiger partial charge on any atom is -0.379 e. The van der Waals surface area contributed by atoms with Crippen LogP contribution in [0.4, 0.5) is 11.4 Å². The van der Waals surface area contributed by atoms with Crippen LogP contribution in [0.3, 0.4) is 0 Å². The van der Waals surface area contributed by atoms with Crippen molar-refractivity contribution in [3.8, 4) is 0 Å². The van der Waals surface area contributed by atoms with Gasteiger partial charge in [-0.25, -0.2) is 0 Å². The van der Waals surface area contributed by atoms with Crippen LogP contribution in [0.1, 0.15) is 42.6 Å². The molecule has 5 N–H and O–H groups in total. The maximum absolute atomic E-state index is 12.9. The third-order valence-corrected chi connectivity index (χ3v) is 7.03. The number of aromatic nitrogens is 1. The molecule has 1 fully saturated rings. The molecule has 1 aromatic carbocycles. The predicted octanol–water partition coefficient (Wildman–Crippen LogP) is 2.55. The molecule has 1 atom stereocenters. The largest absolute Gasteiger partial charge is 0.379 e. The van der Waals surface area contributed by atoms with Crippen LogP contribution < -0.4 is 26.6 Å². The number of nitrogens with zero attached hydrogens (tertiary/aromatic N) is 4. The zero-order valence-corrected chi connectivity index (χ0v) is 24.1. The SMILES string of the molecule is Cc1ccc(NC(=O)c2cc(C(C)(C)C)on2)cc1NC1=C(C2=CC(NCCN3CCOCC3)N=CN2)C=NCN1. The van der Waals surface area contributed by atoms with E-state index in [1.807, 2.05) is 52.1 Å². The van der Waals surface area contributed by atoms with Crippen molar-refractivity contribution in [1.82, 2.24) is 26.0 Å². The molecule has 3 aliphatic heterocycles. The zero-order chi connectivity index (χ0) is 28.8. The van der Waals surface area contributed by atoms with Gasteiger partial charge in [-0.2, -0.15) is 0 Å². The van der Waals surface area contributed by atoms with Gasteiger partial charge in [0.05, 0.1) is 30.8 Å². The fourth-order valence-corrected chi connectivity index (χ4v) is 4.55. The Labute approximate surface area is 240 Å². The number of allylic oxidation sites excluding steroid dienone is 1. The van der Waals surface area contributed by atoms with Gasteiger partial charge < -0.3 is 30.5 Å². The number of ether oxygens (including phenoxy) is 1. The first-order chi connectivity index (χ1) is 19.8. The monoisotopic (exact) mass is 561 g/mol. The van der Waals surface area contributed by atoms with Crippen LogP contribution in [0.25, 0.3) is 0 Å². The van der Waals surface area contributed by atoms with Gasteiger partial charge in [0, 0.05) is 55.2 Å². The molecule has 1 aromatic heterocycles. The minimum atomic E-state index is -0.329. The summed E-state index contributed by atoms with van der Waals surface area (Å²) in [5, 5.41) is 20.5. The van der Waals surface area contributed by atoms with Crippen LogP contribution in [0.15, 0.2) is 61.9 Å². The third kappa shape index (κ3) is 7.40. The number of aryl methyl sites for hydroxylation is 1. The summed E-state index contributed by atoms with van der Waals surface area (Å²) >= 11 is 0. The van der Waals surface area contributed by atoms with Gasteiger partial charge in [-0.3, -0.25) is 25.0 Å². The molecule has 0 aliphatic carbocycles. The van der Waals surface area contributed by atoms with Gasteiger partial charge in [-0.15, -0.1) is 0 Å². The fourth-order valence-electron chi connectivity index (χ4n) is 4.55. The number of hydrogen-bond acceptors (Lipinski definition) is 11. The highest BCUT2D eigenvalue weighted by Gasteiger charge is 2.23. The molecule has 0 radical (unpaired) electrons. The van der Waals surface area contributed by atoms with Crippen molar-refractivity contribution in [2.75, 3.05) is 56.7 Å². The van der Waals surface area contributed by atoms with Crippen LogP contribution in [-0.4, -0.2) is 80.7 Å². The van der Waals surface area contributed by atoms with Gasteiger partial charge in [0.15, 0.2) is 5.69 Å². The van der Waals surface area contributed by atoms with Gasteiger partial charge in [0.25, 0.3) is 5.91 Å². The standard InChI is InChI=1S/C29H39N9O3/c1-19-5-6-20(35-28(39)24-14-25(41-37-24)29(2,3)4)13-22(19)36-27-21(16-30-17-34-27)23-15-26(33-18-32-23)31-7-8-38-9-11-40-12-10-38/h5-6,13-16,18,26,31,34,36H,7-12,17H2,1-4H3,(H,32,33)(H,35,39). The molecule has 41 heavy (non-hydrogen) atoms. The van der Waals surface area contributed by atoms with Gasteiger partial charge in [0.2, 0.25) is 0 Å². The molecule has 3 aliphatic rings. The van der Waals surface area contributed by atoms with Gasteiger partial charge >= 0.3 is 0 Å². The third-order valence-electron chi connectivity index (χ3n) is 7.03. The number of carbonyl (C=O) groups excluding carboxylic acids is 1. The number of nitrogens with one attached hydrogen (secondary N) is 5. The van der Waals surface area contributed by atoms with E-state index >= 15 is 0 Å². The summed E-state index contributed by atoms with van der Waals surface area (Å²) in [6, 6.07) is 7.40. The van der Waals surface area contributed by atoms with Crippen molar-refractivity contribution in [2.24, 2.45) is 9.98 Å². The molecule has 1 amide bonds. The van der Waals surface area contributed by atoms with E-state index in [4.69, 9.17) is 9.26 Å². The van der Waals surface area contributed by atoms with Crippen molar-refractivity contribution < 1.29 is 14.1 Å². The molecule has 0 saturated carbocycles. The molecular formula is C29H39N9O3. The summed E-state index contributed by atoms with van der Waals surface area (Å²) in [5.74, 6) is 1.13. The molecular weight excluding hydrogens is 522 g/mol. The van der Waals surface area contributed by atoms with E-state index in [0.717, 1.165) is 67.7 Å². The summed E-state index contributed by atoms with van der Waals surface area (Å²) in [6.07, 6.45) is 5.47. The normalized spacial score (nSPS) is 19.4. The smallest absolute Gasteiger partial charge is 0.277 e. The van der Waals surface area contributed by atoms with E-state index in [9.17, 15) is 4.79 Å². The van der Waals surface area contributed by atoms with Crippen LogP contribution in [0, 0.1) is 6.92 Å². The van der Waals surface area contributed by atoms with E-state index in [-0.39, 0.29) is 23.2 Å². The number of carbonyl (C=O) groups is 1. The van der Waals surface area contributed by atoms with Crippen molar-refractivity contribution in [2.45, 2.75) is 39.3 Å². The second-order valence-electron chi connectivity index (χ2n) is 11.2. The van der Waals surface area contributed by atoms with Gasteiger partial charge in [-0.05, 0) is 30.7 Å². The molecule has 1 saturated heterocycles. The van der Waals surface area contributed by atoms with Gasteiger partial charge in [-0.1, -0.05) is 32.0 Å². The summed E-state index contributed by atoms with van der Waals surface area (Å²) in [6.45, 7) is 13.8. The van der Waals surface area contributed by atoms with E-state index in [1.54, 1.807) is 12.4 Å². The topological polar surface area (TPSA) is 140 Å². The Bertz CT molecular complexity index is 1360. The predicted molar refractivity (Wildman–Crippen MR) is 160 cm³/mol. The first-order valence-electron chi connectivity index (χ1n) is 13.9. The summed E-state index contributed by atoms with van der Waals surface area (Å²) in [7, 11) is 0. The van der Waals surface area contributed by atoms with E-state index < -0.39 is 0 Å². The molecule has 2 aromatic rings. The lowest BCUT2D eigenvalue weighted by Gasteiger charge is -2.27. The Morgan fingerprint density at radius 3 is 2.80 bits per heavy atom. The average molecular weight is 562 g/mol. The lowest BCUT2D eigenvalue weighted by molar-refractivity contribution is 0.0383. The van der Waals surface area contributed by atoms with Gasteiger partial charge in [0.1, 0.15) is 24.4 Å². The fraction of sp³-hybridized carbons (Fsp3) is 0.448. The Kier molecular flexibility index (Phi) is 8.81.